The lowest BCUT2D eigenvalue weighted by molar-refractivity contribution is -0.139. The standard InChI is InChI=1S/C29H27NO7/c1-35-26-15-17(10-13-25(26)37-28(33)18-11-12-18)14-24(27(31)32)30-29(34)36-16-23-21-8-4-2-6-19(21)20-7-3-5-9-22(20)23/h2-10,13,15,18,23-24H,11-12,14,16H2,1H3,(H,30,34)(H,31,32). The maximum absolute atomic E-state index is 12.6. The zero-order chi connectivity index (χ0) is 25.9. The van der Waals surface area contributed by atoms with E-state index in [-0.39, 0.29) is 36.6 Å². The SMILES string of the molecule is COc1cc(CC(NC(=O)OCC2c3ccccc3-c3ccccc32)C(=O)O)ccc1OC(=O)C1CC1. The number of amides is 1. The van der Waals surface area contributed by atoms with Crippen LogP contribution in [-0.4, -0.2) is 42.9 Å². The molecule has 0 radical (unpaired) electrons. The highest BCUT2D eigenvalue weighted by atomic mass is 16.6. The van der Waals surface area contributed by atoms with E-state index < -0.39 is 18.1 Å². The first kappa shape index (κ1) is 24.4. The van der Waals surface area contributed by atoms with E-state index in [9.17, 15) is 19.5 Å². The number of nitrogens with one attached hydrogen (secondary N) is 1. The summed E-state index contributed by atoms with van der Waals surface area (Å²) in [5, 5.41) is 12.2. The molecule has 0 spiro atoms. The summed E-state index contributed by atoms with van der Waals surface area (Å²) < 4.78 is 16.2. The average Bonchev–Trinajstić information content (AvgIpc) is 3.71. The van der Waals surface area contributed by atoms with Crippen molar-refractivity contribution in [3.63, 3.8) is 0 Å². The highest BCUT2D eigenvalue weighted by molar-refractivity contribution is 5.81. The molecule has 0 bridgehead atoms. The van der Waals surface area contributed by atoms with Gasteiger partial charge in [0.05, 0.1) is 13.0 Å². The number of hydrogen-bond donors (Lipinski definition) is 2. The molecule has 3 aromatic rings. The smallest absolute Gasteiger partial charge is 0.407 e. The normalized spacial score (nSPS) is 14.7. The highest BCUT2D eigenvalue weighted by Gasteiger charge is 2.32. The van der Waals surface area contributed by atoms with Gasteiger partial charge >= 0.3 is 18.0 Å². The molecule has 0 aromatic heterocycles. The van der Waals surface area contributed by atoms with Crippen LogP contribution in [0.2, 0.25) is 0 Å². The van der Waals surface area contributed by atoms with E-state index in [2.05, 4.69) is 5.32 Å². The summed E-state index contributed by atoms with van der Waals surface area (Å²) in [5.41, 5.74) is 4.95. The number of alkyl carbamates (subject to hydrolysis) is 1. The molecule has 0 saturated heterocycles. The lowest BCUT2D eigenvalue weighted by atomic mass is 9.98. The number of methoxy groups -OCH3 is 1. The number of carboxylic acid groups (broad SMARTS) is 1. The van der Waals surface area contributed by atoms with E-state index in [1.165, 1.54) is 7.11 Å². The number of rotatable bonds is 9. The zero-order valence-corrected chi connectivity index (χ0v) is 20.3. The van der Waals surface area contributed by atoms with Gasteiger partial charge in [-0.15, -0.1) is 0 Å². The van der Waals surface area contributed by atoms with Crippen molar-refractivity contribution in [3.8, 4) is 22.6 Å². The third-order valence-corrected chi connectivity index (χ3v) is 6.72. The van der Waals surface area contributed by atoms with Crippen LogP contribution >= 0.6 is 0 Å². The van der Waals surface area contributed by atoms with E-state index in [4.69, 9.17) is 14.2 Å². The minimum absolute atomic E-state index is 0.00720. The van der Waals surface area contributed by atoms with Gasteiger partial charge in [-0.25, -0.2) is 9.59 Å². The first-order valence-electron chi connectivity index (χ1n) is 12.2. The topological polar surface area (TPSA) is 111 Å². The predicted molar refractivity (Wildman–Crippen MR) is 135 cm³/mol. The Morgan fingerprint density at radius 2 is 1.59 bits per heavy atom. The summed E-state index contributed by atoms with van der Waals surface area (Å²) >= 11 is 0. The van der Waals surface area contributed by atoms with Crippen LogP contribution in [0.25, 0.3) is 11.1 Å². The molecule has 190 valence electrons. The number of ether oxygens (including phenoxy) is 3. The minimum atomic E-state index is -1.22. The van der Waals surface area contributed by atoms with E-state index in [1.807, 2.05) is 48.5 Å². The van der Waals surface area contributed by atoms with Gasteiger partial charge in [0.1, 0.15) is 12.6 Å². The third-order valence-electron chi connectivity index (χ3n) is 6.72. The maximum Gasteiger partial charge on any atom is 0.407 e. The summed E-state index contributed by atoms with van der Waals surface area (Å²) in [7, 11) is 1.44. The molecule has 2 aliphatic rings. The molecule has 3 aromatic carbocycles. The van der Waals surface area contributed by atoms with Crippen LogP contribution in [-0.2, 0) is 20.7 Å². The number of carbonyl (C=O) groups is 3. The van der Waals surface area contributed by atoms with Gasteiger partial charge in [0.25, 0.3) is 0 Å². The second-order valence-electron chi connectivity index (χ2n) is 9.25. The van der Waals surface area contributed by atoms with Crippen LogP contribution in [0.1, 0.15) is 35.4 Å². The van der Waals surface area contributed by atoms with Gasteiger partial charge in [-0.3, -0.25) is 4.79 Å². The number of esters is 1. The number of carboxylic acids is 1. The number of hydrogen-bond acceptors (Lipinski definition) is 6. The monoisotopic (exact) mass is 501 g/mol. The van der Waals surface area contributed by atoms with Crippen LogP contribution in [0.5, 0.6) is 11.5 Å². The lowest BCUT2D eigenvalue weighted by Gasteiger charge is -2.18. The summed E-state index contributed by atoms with van der Waals surface area (Å²) in [6.07, 6.45) is 0.825. The molecule has 2 N–H and O–H groups in total. The van der Waals surface area contributed by atoms with E-state index >= 15 is 0 Å². The Morgan fingerprint density at radius 1 is 0.946 bits per heavy atom. The lowest BCUT2D eigenvalue weighted by Crippen LogP contribution is -2.42. The van der Waals surface area contributed by atoms with Gasteiger partial charge in [0, 0.05) is 12.3 Å². The predicted octanol–water partition coefficient (Wildman–Crippen LogP) is 4.55. The van der Waals surface area contributed by atoms with Gasteiger partial charge in [-0.05, 0) is 52.8 Å². The van der Waals surface area contributed by atoms with Crippen molar-refractivity contribution >= 4 is 18.0 Å². The number of aliphatic carboxylic acids is 1. The average molecular weight is 502 g/mol. The molecule has 1 atom stereocenters. The molecule has 8 heteroatoms. The van der Waals surface area contributed by atoms with Crippen LogP contribution in [0.4, 0.5) is 4.79 Å². The molecule has 1 amide bonds. The van der Waals surface area contributed by atoms with Crippen molar-refractivity contribution in [1.29, 1.82) is 0 Å². The zero-order valence-electron chi connectivity index (χ0n) is 20.3. The van der Waals surface area contributed by atoms with Crippen LogP contribution in [0, 0.1) is 5.92 Å². The molecular formula is C29H27NO7. The Labute approximate surface area is 214 Å². The summed E-state index contributed by atoms with van der Waals surface area (Å²) in [4.78, 5) is 36.5. The van der Waals surface area contributed by atoms with Crippen molar-refractivity contribution in [2.45, 2.75) is 31.2 Å². The van der Waals surface area contributed by atoms with Crippen molar-refractivity contribution in [3.05, 3.63) is 83.4 Å². The summed E-state index contributed by atoms with van der Waals surface area (Å²) in [6, 6.07) is 19.6. The fourth-order valence-electron chi connectivity index (χ4n) is 4.65. The fourth-order valence-corrected chi connectivity index (χ4v) is 4.65. The molecule has 2 aliphatic carbocycles. The molecular weight excluding hydrogens is 474 g/mol. The van der Waals surface area contributed by atoms with Crippen LogP contribution in [0.3, 0.4) is 0 Å². The molecule has 5 rings (SSSR count). The maximum atomic E-state index is 12.6. The second-order valence-corrected chi connectivity index (χ2v) is 9.25. The van der Waals surface area contributed by atoms with Gasteiger partial charge in [-0.1, -0.05) is 54.6 Å². The Bertz CT molecular complexity index is 1300. The largest absolute Gasteiger partial charge is 0.493 e. The number of fused-ring (bicyclic) bond motifs is 3. The molecule has 0 heterocycles. The minimum Gasteiger partial charge on any atom is -0.493 e. The van der Waals surface area contributed by atoms with E-state index in [0.29, 0.717) is 11.3 Å². The quantitative estimate of drug-likeness (QED) is 0.327. The van der Waals surface area contributed by atoms with Crippen molar-refractivity contribution in [2.75, 3.05) is 13.7 Å². The number of benzene rings is 3. The van der Waals surface area contributed by atoms with Crippen molar-refractivity contribution in [1.82, 2.24) is 5.32 Å². The van der Waals surface area contributed by atoms with Gasteiger partial charge < -0.3 is 24.6 Å². The Morgan fingerprint density at radius 3 is 2.19 bits per heavy atom. The molecule has 1 unspecified atom stereocenters. The van der Waals surface area contributed by atoms with E-state index in [0.717, 1.165) is 35.1 Å². The second kappa shape index (κ2) is 10.3. The third kappa shape index (κ3) is 5.28. The highest BCUT2D eigenvalue weighted by Crippen LogP contribution is 2.44. The summed E-state index contributed by atoms with van der Waals surface area (Å²) in [5.74, 6) is -1.10. The molecule has 8 nitrogen and oxygen atoms in total. The molecule has 37 heavy (non-hydrogen) atoms. The molecule has 0 aliphatic heterocycles. The van der Waals surface area contributed by atoms with Gasteiger partial charge in [-0.2, -0.15) is 0 Å². The van der Waals surface area contributed by atoms with Gasteiger partial charge in [0.2, 0.25) is 0 Å². The summed E-state index contributed by atoms with van der Waals surface area (Å²) in [6.45, 7) is 0.0844. The van der Waals surface area contributed by atoms with Gasteiger partial charge in [0.15, 0.2) is 11.5 Å². The Hall–Kier alpha value is -4.33. The van der Waals surface area contributed by atoms with Crippen LogP contribution < -0.4 is 14.8 Å². The number of carbonyl (C=O) groups excluding carboxylic acids is 2. The van der Waals surface area contributed by atoms with Crippen molar-refractivity contribution < 1.29 is 33.7 Å². The van der Waals surface area contributed by atoms with Crippen molar-refractivity contribution in [2.24, 2.45) is 5.92 Å². The molecule has 1 saturated carbocycles. The first-order chi connectivity index (χ1) is 17.9. The fraction of sp³-hybridized carbons (Fsp3) is 0.276. The Kier molecular flexibility index (Phi) is 6.81. The first-order valence-corrected chi connectivity index (χ1v) is 12.2. The Balaban J connectivity index is 1.23. The van der Waals surface area contributed by atoms with Crippen LogP contribution in [0.15, 0.2) is 66.7 Å². The van der Waals surface area contributed by atoms with E-state index in [1.54, 1.807) is 18.2 Å². The molecule has 1 fully saturated rings.